The van der Waals surface area contributed by atoms with E-state index >= 15 is 0 Å². The van der Waals surface area contributed by atoms with Crippen LogP contribution >= 0.6 is 0 Å². The molecule has 2 aromatic carbocycles. The van der Waals surface area contributed by atoms with Crippen molar-refractivity contribution in [3.63, 3.8) is 0 Å². The average Bonchev–Trinajstić information content (AvgIpc) is 2.89. The number of benzene rings is 2. The molecular formula is C29H34F4O3. The molecule has 0 aromatic heterocycles. The highest BCUT2D eigenvalue weighted by atomic mass is 19.2. The molecule has 0 bridgehead atoms. The summed E-state index contributed by atoms with van der Waals surface area (Å²) in [5.74, 6) is -4.22. The van der Waals surface area contributed by atoms with E-state index in [0.717, 1.165) is 32.3 Å². The third kappa shape index (κ3) is 5.94. The molecule has 2 heterocycles. The van der Waals surface area contributed by atoms with E-state index in [0.29, 0.717) is 25.4 Å². The molecule has 0 N–H and O–H groups in total. The Morgan fingerprint density at radius 2 is 1.50 bits per heavy atom. The summed E-state index contributed by atoms with van der Waals surface area (Å²) >= 11 is 0. The number of hydrogen-bond acceptors (Lipinski definition) is 3. The maximum absolute atomic E-state index is 14.9. The molecule has 0 spiro atoms. The first-order chi connectivity index (χ1) is 17.4. The van der Waals surface area contributed by atoms with Crippen molar-refractivity contribution < 1.29 is 31.8 Å². The average molecular weight is 507 g/mol. The molecule has 2 aliphatic heterocycles. The van der Waals surface area contributed by atoms with Crippen LogP contribution in [0.4, 0.5) is 17.6 Å². The SMILES string of the molecule is C/C=C/C1CCC(C2CCC(CCc3ccc(-c4ccc(OCC)c(F)c4F)c(F)c3F)CO2)OC1. The molecule has 2 saturated heterocycles. The Kier molecular flexibility index (Phi) is 9.07. The van der Waals surface area contributed by atoms with Gasteiger partial charge in [0, 0.05) is 23.7 Å². The summed E-state index contributed by atoms with van der Waals surface area (Å²) in [6, 6.07) is 5.18. The molecule has 0 radical (unpaired) electrons. The molecule has 2 aliphatic rings. The fourth-order valence-electron chi connectivity index (χ4n) is 5.21. The standard InChI is InChI=1S/C29H34F4O3/c1-3-5-18-7-13-23(35-16-18)24-14-8-19(17-36-24)6-9-20-10-11-21(27(31)26(20)30)22-12-15-25(34-4-2)29(33)28(22)32/h3,5,10-12,15,18-19,23-24H,4,6-9,13-14,16-17H2,1-2H3/b5-3+. The lowest BCUT2D eigenvalue weighted by molar-refractivity contribution is -0.127. The Morgan fingerprint density at radius 1 is 0.833 bits per heavy atom. The van der Waals surface area contributed by atoms with Crippen LogP contribution in [0, 0.1) is 35.1 Å². The van der Waals surface area contributed by atoms with Crippen LogP contribution in [0.1, 0.15) is 51.5 Å². The van der Waals surface area contributed by atoms with E-state index in [2.05, 4.69) is 12.2 Å². The summed E-state index contributed by atoms with van der Waals surface area (Å²) < 4.78 is 75.6. The highest BCUT2D eigenvalue weighted by Gasteiger charge is 2.32. The third-order valence-corrected chi connectivity index (χ3v) is 7.25. The van der Waals surface area contributed by atoms with Gasteiger partial charge in [0.15, 0.2) is 23.2 Å². The minimum absolute atomic E-state index is 0.0886. The van der Waals surface area contributed by atoms with E-state index in [1.54, 1.807) is 6.92 Å². The van der Waals surface area contributed by atoms with Gasteiger partial charge < -0.3 is 14.2 Å². The van der Waals surface area contributed by atoms with Crippen molar-refractivity contribution in [2.45, 2.75) is 64.6 Å². The van der Waals surface area contributed by atoms with Crippen LogP contribution in [0.15, 0.2) is 36.4 Å². The van der Waals surface area contributed by atoms with E-state index < -0.39 is 23.3 Å². The summed E-state index contributed by atoms with van der Waals surface area (Å²) in [4.78, 5) is 0. The van der Waals surface area contributed by atoms with E-state index in [9.17, 15) is 17.6 Å². The van der Waals surface area contributed by atoms with Crippen LogP contribution < -0.4 is 4.74 Å². The van der Waals surface area contributed by atoms with E-state index in [1.165, 1.54) is 24.3 Å². The van der Waals surface area contributed by atoms with Gasteiger partial charge in [0.1, 0.15) is 0 Å². The fraction of sp³-hybridized carbons (Fsp3) is 0.517. The zero-order chi connectivity index (χ0) is 25.7. The highest BCUT2D eigenvalue weighted by Crippen LogP contribution is 2.34. The molecule has 3 nitrogen and oxygen atoms in total. The quantitative estimate of drug-likeness (QED) is 0.276. The molecule has 2 fully saturated rings. The molecule has 4 unspecified atom stereocenters. The number of hydrogen-bond donors (Lipinski definition) is 0. The lowest BCUT2D eigenvalue weighted by Gasteiger charge is -2.37. The molecule has 36 heavy (non-hydrogen) atoms. The van der Waals surface area contributed by atoms with Crippen molar-refractivity contribution in [1.82, 2.24) is 0 Å². The summed E-state index contributed by atoms with van der Waals surface area (Å²) in [6.45, 7) is 5.12. The molecule has 7 heteroatoms. The predicted molar refractivity (Wildman–Crippen MR) is 131 cm³/mol. The number of halogens is 4. The lowest BCUT2D eigenvalue weighted by Crippen LogP contribution is -2.40. The number of rotatable bonds is 8. The molecular weight excluding hydrogens is 472 g/mol. The van der Waals surface area contributed by atoms with Gasteiger partial charge in [0.25, 0.3) is 0 Å². The van der Waals surface area contributed by atoms with Crippen LogP contribution in [0.5, 0.6) is 5.75 Å². The molecule has 4 atom stereocenters. The van der Waals surface area contributed by atoms with E-state index in [-0.39, 0.29) is 47.2 Å². The fourth-order valence-corrected chi connectivity index (χ4v) is 5.21. The Labute approximate surface area is 210 Å². The van der Waals surface area contributed by atoms with Crippen LogP contribution in [0.3, 0.4) is 0 Å². The zero-order valence-electron chi connectivity index (χ0n) is 20.9. The topological polar surface area (TPSA) is 27.7 Å². The minimum atomic E-state index is -1.26. The smallest absolute Gasteiger partial charge is 0.201 e. The molecule has 2 aromatic rings. The first kappa shape index (κ1) is 26.7. The van der Waals surface area contributed by atoms with Gasteiger partial charge in [-0.2, -0.15) is 4.39 Å². The summed E-state index contributed by atoms with van der Waals surface area (Å²) in [5.41, 5.74) is -0.438. The van der Waals surface area contributed by atoms with Gasteiger partial charge in [0.2, 0.25) is 5.82 Å². The van der Waals surface area contributed by atoms with Crippen LogP contribution in [-0.4, -0.2) is 32.0 Å². The van der Waals surface area contributed by atoms with Crippen LogP contribution in [0.2, 0.25) is 0 Å². The normalized spacial score (nSPS) is 24.8. The van der Waals surface area contributed by atoms with Gasteiger partial charge in [-0.15, -0.1) is 0 Å². The highest BCUT2D eigenvalue weighted by molar-refractivity contribution is 5.66. The molecule has 0 aliphatic carbocycles. The summed E-state index contributed by atoms with van der Waals surface area (Å²) in [5, 5.41) is 0. The number of ether oxygens (including phenoxy) is 3. The van der Waals surface area contributed by atoms with Gasteiger partial charge in [0.05, 0.1) is 25.4 Å². The number of allylic oxidation sites excluding steroid dienone is 1. The first-order valence-electron chi connectivity index (χ1n) is 12.9. The Bertz CT molecular complexity index is 1050. The van der Waals surface area contributed by atoms with Crippen molar-refractivity contribution >= 4 is 0 Å². The molecule has 0 amide bonds. The molecule has 0 saturated carbocycles. The van der Waals surface area contributed by atoms with Crippen molar-refractivity contribution in [3.8, 4) is 16.9 Å². The molecule has 4 rings (SSSR count). The Hall–Kier alpha value is -2.38. The van der Waals surface area contributed by atoms with Crippen molar-refractivity contribution in [1.29, 1.82) is 0 Å². The summed E-state index contributed by atoms with van der Waals surface area (Å²) in [7, 11) is 0. The second-order valence-electron chi connectivity index (χ2n) is 9.66. The largest absolute Gasteiger partial charge is 0.491 e. The maximum atomic E-state index is 14.9. The van der Waals surface area contributed by atoms with E-state index in [1.807, 2.05) is 6.92 Å². The van der Waals surface area contributed by atoms with E-state index in [4.69, 9.17) is 14.2 Å². The second-order valence-corrected chi connectivity index (χ2v) is 9.66. The Morgan fingerprint density at radius 3 is 2.11 bits per heavy atom. The third-order valence-electron chi connectivity index (χ3n) is 7.25. The van der Waals surface area contributed by atoms with Crippen molar-refractivity contribution in [2.75, 3.05) is 19.8 Å². The maximum Gasteiger partial charge on any atom is 0.201 e. The van der Waals surface area contributed by atoms with Gasteiger partial charge in [-0.1, -0.05) is 24.3 Å². The van der Waals surface area contributed by atoms with Crippen molar-refractivity contribution in [3.05, 3.63) is 65.2 Å². The van der Waals surface area contributed by atoms with Crippen LogP contribution in [0.25, 0.3) is 11.1 Å². The monoisotopic (exact) mass is 506 g/mol. The van der Waals surface area contributed by atoms with Crippen LogP contribution in [-0.2, 0) is 15.9 Å². The van der Waals surface area contributed by atoms with Gasteiger partial charge in [-0.05, 0) is 76.0 Å². The van der Waals surface area contributed by atoms with Gasteiger partial charge >= 0.3 is 0 Å². The second kappa shape index (κ2) is 12.2. The first-order valence-corrected chi connectivity index (χ1v) is 12.9. The lowest BCUT2D eigenvalue weighted by atomic mass is 9.88. The summed E-state index contributed by atoms with van der Waals surface area (Å²) in [6.07, 6.45) is 9.39. The van der Waals surface area contributed by atoms with Gasteiger partial charge in [-0.3, -0.25) is 0 Å². The van der Waals surface area contributed by atoms with Crippen molar-refractivity contribution in [2.24, 2.45) is 11.8 Å². The predicted octanol–water partition coefficient (Wildman–Crippen LogP) is 7.41. The number of aryl methyl sites for hydroxylation is 1. The Balaban J connectivity index is 1.33. The molecule has 196 valence electrons. The minimum Gasteiger partial charge on any atom is -0.491 e. The zero-order valence-corrected chi connectivity index (χ0v) is 20.9. The van der Waals surface area contributed by atoms with Gasteiger partial charge in [-0.25, -0.2) is 13.2 Å².